The molecular weight excluding hydrogens is 302 g/mol. The summed E-state index contributed by atoms with van der Waals surface area (Å²) in [6.07, 6.45) is 0.904. The number of aryl methyl sites for hydroxylation is 1. The van der Waals surface area contributed by atoms with Crippen LogP contribution in [0.1, 0.15) is 11.4 Å². The van der Waals surface area contributed by atoms with Gasteiger partial charge in [-0.3, -0.25) is 9.59 Å². The molecule has 0 atom stereocenters. The van der Waals surface area contributed by atoms with Crippen LogP contribution in [-0.2, 0) is 20.7 Å². The lowest BCUT2D eigenvalue weighted by Gasteiger charge is -2.06. The maximum Gasteiger partial charge on any atom is 0.239 e. The Bertz CT molecular complexity index is 609. The van der Waals surface area contributed by atoms with Crippen LogP contribution in [0.2, 0.25) is 0 Å². The molecule has 7 heteroatoms. The van der Waals surface area contributed by atoms with Crippen LogP contribution < -0.4 is 10.6 Å². The number of thiazole rings is 1. The van der Waals surface area contributed by atoms with E-state index >= 15 is 0 Å². The predicted octanol–water partition coefficient (Wildman–Crippen LogP) is 1.11. The van der Waals surface area contributed by atoms with Crippen molar-refractivity contribution in [3.63, 3.8) is 0 Å². The molecule has 0 spiro atoms. The van der Waals surface area contributed by atoms with Crippen LogP contribution in [0.4, 0.5) is 0 Å². The lowest BCUT2D eigenvalue weighted by Crippen LogP contribution is -2.38. The Morgan fingerprint density at radius 1 is 1.23 bits per heavy atom. The van der Waals surface area contributed by atoms with Crippen molar-refractivity contribution in [1.29, 1.82) is 0 Å². The third-order valence-corrected chi connectivity index (χ3v) is 4.07. The number of para-hydroxylation sites is 1. The molecule has 0 radical (unpaired) electrons. The van der Waals surface area contributed by atoms with Crippen molar-refractivity contribution in [2.45, 2.75) is 12.8 Å². The molecule has 0 unspecified atom stereocenters. The maximum absolute atomic E-state index is 11.7. The minimum atomic E-state index is -0.217. The number of benzene rings is 1. The second-order valence-electron chi connectivity index (χ2n) is 4.69. The van der Waals surface area contributed by atoms with E-state index in [-0.39, 0.29) is 18.4 Å². The van der Waals surface area contributed by atoms with Gasteiger partial charge < -0.3 is 15.4 Å². The van der Waals surface area contributed by atoms with Gasteiger partial charge in [-0.2, -0.15) is 0 Å². The molecular formula is C15H19N3O3S. The Hall–Kier alpha value is -1.99. The molecule has 118 valence electrons. The lowest BCUT2D eigenvalue weighted by atomic mass is 10.3. The van der Waals surface area contributed by atoms with Crippen molar-refractivity contribution in [1.82, 2.24) is 15.6 Å². The fourth-order valence-corrected chi connectivity index (χ4v) is 2.84. The molecule has 1 aromatic heterocycles. The molecule has 2 aromatic rings. The van der Waals surface area contributed by atoms with E-state index in [0.29, 0.717) is 26.0 Å². The molecule has 0 fully saturated rings. The van der Waals surface area contributed by atoms with Crippen LogP contribution in [0.5, 0.6) is 0 Å². The zero-order chi connectivity index (χ0) is 15.8. The maximum atomic E-state index is 11.7. The van der Waals surface area contributed by atoms with Crippen LogP contribution in [0.3, 0.4) is 0 Å². The molecule has 0 aliphatic heterocycles. The van der Waals surface area contributed by atoms with Gasteiger partial charge in [-0.1, -0.05) is 12.1 Å². The average Bonchev–Trinajstić information content (AvgIpc) is 2.94. The highest BCUT2D eigenvalue weighted by Crippen LogP contribution is 2.22. The van der Waals surface area contributed by atoms with Crippen LogP contribution in [0.25, 0.3) is 10.2 Å². The number of rotatable bonds is 8. The zero-order valence-corrected chi connectivity index (χ0v) is 13.2. The predicted molar refractivity (Wildman–Crippen MR) is 85.8 cm³/mol. The quantitative estimate of drug-likeness (QED) is 0.714. The van der Waals surface area contributed by atoms with Crippen molar-refractivity contribution in [2.24, 2.45) is 0 Å². The summed E-state index contributed by atoms with van der Waals surface area (Å²) in [6, 6.07) is 7.89. The van der Waals surface area contributed by atoms with Gasteiger partial charge in [-0.25, -0.2) is 4.98 Å². The zero-order valence-electron chi connectivity index (χ0n) is 12.4. The van der Waals surface area contributed by atoms with E-state index in [1.807, 2.05) is 24.3 Å². The summed E-state index contributed by atoms with van der Waals surface area (Å²) < 4.78 is 5.94. The van der Waals surface area contributed by atoms with E-state index in [0.717, 1.165) is 15.2 Å². The van der Waals surface area contributed by atoms with E-state index in [1.165, 1.54) is 0 Å². The minimum absolute atomic E-state index is 0.0115. The highest BCUT2D eigenvalue weighted by Gasteiger charge is 2.08. The van der Waals surface area contributed by atoms with Crippen molar-refractivity contribution >= 4 is 33.4 Å². The highest BCUT2D eigenvalue weighted by atomic mass is 32.1. The summed E-state index contributed by atoms with van der Waals surface area (Å²) in [5.41, 5.74) is 0.959. The summed E-state index contributed by atoms with van der Waals surface area (Å²) in [4.78, 5) is 27.6. The van der Waals surface area contributed by atoms with Gasteiger partial charge in [0.05, 0.1) is 28.4 Å². The SMILES string of the molecule is COCCNC(=O)CNC(=O)CCc1nc2ccccc2s1. The fraction of sp³-hybridized carbons (Fsp3) is 0.400. The highest BCUT2D eigenvalue weighted by molar-refractivity contribution is 7.18. The van der Waals surface area contributed by atoms with E-state index in [9.17, 15) is 9.59 Å². The summed E-state index contributed by atoms with van der Waals surface area (Å²) in [5.74, 6) is -0.369. The third kappa shape index (κ3) is 5.09. The van der Waals surface area contributed by atoms with E-state index in [4.69, 9.17) is 4.74 Å². The van der Waals surface area contributed by atoms with Gasteiger partial charge in [0.25, 0.3) is 0 Å². The first-order chi connectivity index (χ1) is 10.7. The molecule has 1 heterocycles. The standard InChI is InChI=1S/C15H19N3O3S/c1-21-9-8-16-14(20)10-17-13(19)6-7-15-18-11-4-2-3-5-12(11)22-15/h2-5H,6-10H2,1H3,(H,16,20)(H,17,19). The fourth-order valence-electron chi connectivity index (χ4n) is 1.87. The number of carbonyl (C=O) groups excluding carboxylic acids is 2. The Morgan fingerprint density at radius 2 is 2.05 bits per heavy atom. The number of fused-ring (bicyclic) bond motifs is 1. The first kappa shape index (κ1) is 16.4. The second-order valence-corrected chi connectivity index (χ2v) is 5.81. The first-order valence-electron chi connectivity index (χ1n) is 7.06. The molecule has 22 heavy (non-hydrogen) atoms. The molecule has 0 saturated heterocycles. The van der Waals surface area contributed by atoms with E-state index < -0.39 is 0 Å². The van der Waals surface area contributed by atoms with Gasteiger partial charge >= 0.3 is 0 Å². The number of nitrogens with one attached hydrogen (secondary N) is 2. The molecule has 0 aliphatic carbocycles. The van der Waals surface area contributed by atoms with Crippen LogP contribution in [0, 0.1) is 0 Å². The number of nitrogens with zero attached hydrogens (tertiary/aromatic N) is 1. The number of hydrogen-bond acceptors (Lipinski definition) is 5. The lowest BCUT2D eigenvalue weighted by molar-refractivity contribution is -0.126. The Labute approximate surface area is 132 Å². The van der Waals surface area contributed by atoms with Crippen LogP contribution in [0.15, 0.2) is 24.3 Å². The summed E-state index contributed by atoms with van der Waals surface area (Å²) in [7, 11) is 1.57. The summed E-state index contributed by atoms with van der Waals surface area (Å²) in [5, 5.41) is 6.17. The number of carbonyl (C=O) groups is 2. The largest absolute Gasteiger partial charge is 0.383 e. The molecule has 0 saturated carbocycles. The van der Waals surface area contributed by atoms with Crippen molar-refractivity contribution in [3.05, 3.63) is 29.3 Å². The smallest absolute Gasteiger partial charge is 0.239 e. The Morgan fingerprint density at radius 3 is 2.82 bits per heavy atom. The van der Waals surface area contributed by atoms with Crippen molar-refractivity contribution in [3.8, 4) is 0 Å². The Balaban J connectivity index is 1.70. The van der Waals surface area contributed by atoms with Gasteiger partial charge in [-0.05, 0) is 12.1 Å². The Kier molecular flexibility index (Phi) is 6.29. The summed E-state index contributed by atoms with van der Waals surface area (Å²) >= 11 is 1.59. The minimum Gasteiger partial charge on any atom is -0.383 e. The summed E-state index contributed by atoms with van der Waals surface area (Å²) in [6.45, 7) is 0.886. The van der Waals surface area contributed by atoms with Gasteiger partial charge in [0.15, 0.2) is 0 Å². The molecule has 2 amide bonds. The van der Waals surface area contributed by atoms with Crippen molar-refractivity contribution in [2.75, 3.05) is 26.8 Å². The van der Waals surface area contributed by atoms with Gasteiger partial charge in [0, 0.05) is 26.5 Å². The number of hydrogen-bond donors (Lipinski definition) is 2. The monoisotopic (exact) mass is 321 g/mol. The molecule has 2 N–H and O–H groups in total. The molecule has 6 nitrogen and oxygen atoms in total. The van der Waals surface area contributed by atoms with Crippen LogP contribution >= 0.6 is 11.3 Å². The number of amides is 2. The van der Waals surface area contributed by atoms with Gasteiger partial charge in [-0.15, -0.1) is 11.3 Å². The molecule has 2 rings (SSSR count). The van der Waals surface area contributed by atoms with E-state index in [1.54, 1.807) is 18.4 Å². The normalized spacial score (nSPS) is 10.6. The molecule has 1 aromatic carbocycles. The topological polar surface area (TPSA) is 80.3 Å². The number of aromatic nitrogens is 1. The second kappa shape index (κ2) is 8.45. The van der Waals surface area contributed by atoms with Crippen molar-refractivity contribution < 1.29 is 14.3 Å². The molecule has 0 aliphatic rings. The van der Waals surface area contributed by atoms with E-state index in [2.05, 4.69) is 15.6 Å². The van der Waals surface area contributed by atoms with Gasteiger partial charge in [0.1, 0.15) is 0 Å². The first-order valence-corrected chi connectivity index (χ1v) is 7.87. The third-order valence-electron chi connectivity index (χ3n) is 2.98. The molecule has 0 bridgehead atoms. The average molecular weight is 321 g/mol. The number of ether oxygens (including phenoxy) is 1. The van der Waals surface area contributed by atoms with Crippen LogP contribution in [-0.4, -0.2) is 43.6 Å². The number of methoxy groups -OCH3 is 1. The van der Waals surface area contributed by atoms with Gasteiger partial charge in [0.2, 0.25) is 11.8 Å².